The van der Waals surface area contributed by atoms with Gasteiger partial charge in [-0.25, -0.2) is 4.79 Å². The number of esters is 1. The molecule has 1 saturated carbocycles. The number of methoxy groups -OCH3 is 2. The van der Waals surface area contributed by atoms with E-state index in [0.717, 1.165) is 25.7 Å². The second-order valence-corrected chi connectivity index (χ2v) is 6.44. The number of carbonyl (C=O) groups excluding carboxylic acids is 2. The normalized spacial score (nSPS) is 16.0. The maximum absolute atomic E-state index is 12.6. The first-order valence-electron chi connectivity index (χ1n) is 8.68. The fraction of sp³-hybridized carbons (Fsp3) is 0.579. The Hall–Kier alpha value is -2.08. The average Bonchev–Trinajstić information content (AvgIpc) is 3.47. The molecule has 0 unspecified atom stereocenters. The molecule has 25 heavy (non-hydrogen) atoms. The smallest absolute Gasteiger partial charge is 0.341 e. The molecule has 0 saturated heterocycles. The van der Waals surface area contributed by atoms with Crippen LogP contribution in [0.25, 0.3) is 0 Å². The summed E-state index contributed by atoms with van der Waals surface area (Å²) in [6, 6.07) is 4.97. The van der Waals surface area contributed by atoms with Crippen molar-refractivity contribution in [2.24, 2.45) is 5.92 Å². The van der Waals surface area contributed by atoms with Crippen molar-refractivity contribution in [1.29, 1.82) is 0 Å². The van der Waals surface area contributed by atoms with Crippen LogP contribution in [0.5, 0.6) is 5.75 Å². The van der Waals surface area contributed by atoms with Gasteiger partial charge in [0.15, 0.2) is 0 Å². The Kier molecular flexibility index (Phi) is 6.42. The fourth-order valence-electron chi connectivity index (χ4n) is 2.66. The molecule has 1 N–H and O–H groups in total. The van der Waals surface area contributed by atoms with Crippen molar-refractivity contribution >= 4 is 17.6 Å². The predicted octanol–water partition coefficient (Wildman–Crippen LogP) is 3.41. The van der Waals surface area contributed by atoms with Crippen molar-refractivity contribution in [3.63, 3.8) is 0 Å². The maximum Gasteiger partial charge on any atom is 0.341 e. The van der Waals surface area contributed by atoms with E-state index in [1.165, 1.54) is 7.11 Å². The lowest BCUT2D eigenvalue weighted by Crippen LogP contribution is -2.44. The molecule has 1 aliphatic carbocycles. The van der Waals surface area contributed by atoms with Crippen LogP contribution >= 0.6 is 0 Å². The van der Waals surface area contributed by atoms with Gasteiger partial charge in [0.2, 0.25) is 0 Å². The average molecular weight is 349 g/mol. The van der Waals surface area contributed by atoms with Crippen molar-refractivity contribution < 1.29 is 23.8 Å². The largest absolute Gasteiger partial charge is 0.493 e. The van der Waals surface area contributed by atoms with Crippen LogP contribution in [0.2, 0.25) is 0 Å². The minimum Gasteiger partial charge on any atom is -0.493 e. The van der Waals surface area contributed by atoms with Crippen LogP contribution in [-0.4, -0.2) is 38.3 Å². The van der Waals surface area contributed by atoms with Crippen molar-refractivity contribution in [3.8, 4) is 5.75 Å². The molecule has 6 nitrogen and oxygen atoms in total. The number of rotatable bonds is 9. The molecule has 0 aromatic heterocycles. The Morgan fingerprint density at radius 3 is 2.56 bits per heavy atom. The van der Waals surface area contributed by atoms with Crippen LogP contribution in [-0.2, 0) is 14.3 Å². The van der Waals surface area contributed by atoms with Crippen LogP contribution in [0.15, 0.2) is 18.2 Å². The molecule has 1 aliphatic rings. The molecule has 1 aromatic rings. The van der Waals surface area contributed by atoms with Crippen LogP contribution in [0.4, 0.5) is 5.69 Å². The quantitative estimate of drug-likeness (QED) is 0.546. The standard InChI is InChI=1S/C19H27NO5/c1-5-6-11-25-16-10-9-14(12-15(16)17(21)23-3)20-18(22)19(2,24-4)13-7-8-13/h9-10,12-13H,5-8,11H2,1-4H3,(H,20,22)/t19-/m0/s1. The van der Waals surface area contributed by atoms with Gasteiger partial charge >= 0.3 is 5.97 Å². The molecule has 2 rings (SSSR count). The third-order valence-electron chi connectivity index (χ3n) is 4.63. The van der Waals surface area contributed by atoms with Crippen molar-refractivity contribution in [2.45, 2.75) is 45.1 Å². The highest BCUT2D eigenvalue weighted by Crippen LogP contribution is 2.42. The molecule has 138 valence electrons. The van der Waals surface area contributed by atoms with Gasteiger partial charge in [-0.3, -0.25) is 4.79 Å². The third-order valence-corrected chi connectivity index (χ3v) is 4.63. The van der Waals surface area contributed by atoms with E-state index in [2.05, 4.69) is 12.2 Å². The zero-order valence-corrected chi connectivity index (χ0v) is 15.4. The van der Waals surface area contributed by atoms with Crippen molar-refractivity contribution in [1.82, 2.24) is 0 Å². The zero-order valence-electron chi connectivity index (χ0n) is 15.4. The highest BCUT2D eigenvalue weighted by atomic mass is 16.5. The number of anilines is 1. The Labute approximate surface area is 148 Å². The van der Waals surface area contributed by atoms with Gasteiger partial charge in [-0.1, -0.05) is 13.3 Å². The summed E-state index contributed by atoms with van der Waals surface area (Å²) in [4.78, 5) is 24.6. The predicted molar refractivity (Wildman–Crippen MR) is 95.0 cm³/mol. The highest BCUT2D eigenvalue weighted by molar-refractivity contribution is 5.99. The van der Waals surface area contributed by atoms with Gasteiger partial charge < -0.3 is 19.5 Å². The number of amides is 1. The minimum absolute atomic E-state index is 0.215. The van der Waals surface area contributed by atoms with Crippen LogP contribution in [0.3, 0.4) is 0 Å². The highest BCUT2D eigenvalue weighted by Gasteiger charge is 2.47. The summed E-state index contributed by atoms with van der Waals surface area (Å²) in [5, 5.41) is 2.84. The maximum atomic E-state index is 12.6. The van der Waals surface area contributed by atoms with Gasteiger partial charge in [0.1, 0.15) is 16.9 Å². The molecule has 1 aromatic carbocycles. The van der Waals surface area contributed by atoms with E-state index in [1.54, 1.807) is 32.2 Å². The van der Waals surface area contributed by atoms with Gasteiger partial charge in [-0.05, 0) is 50.3 Å². The van der Waals surface area contributed by atoms with E-state index in [0.29, 0.717) is 23.6 Å². The summed E-state index contributed by atoms with van der Waals surface area (Å²) in [6.07, 6.45) is 3.86. The molecule has 0 bridgehead atoms. The second kappa shape index (κ2) is 8.34. The summed E-state index contributed by atoms with van der Waals surface area (Å²) in [5.41, 5.74) is -0.0547. The van der Waals surface area contributed by atoms with Crippen molar-refractivity contribution in [3.05, 3.63) is 23.8 Å². The number of unbranched alkanes of at least 4 members (excludes halogenated alkanes) is 1. The van der Waals surface area contributed by atoms with Crippen LogP contribution < -0.4 is 10.1 Å². The van der Waals surface area contributed by atoms with Gasteiger partial charge in [0.05, 0.1) is 13.7 Å². The number of nitrogens with one attached hydrogen (secondary N) is 1. The molecule has 1 atom stereocenters. The Balaban J connectivity index is 2.18. The molecule has 0 radical (unpaired) electrons. The first-order chi connectivity index (χ1) is 12.0. The van der Waals surface area contributed by atoms with E-state index in [4.69, 9.17) is 14.2 Å². The summed E-state index contributed by atoms with van der Waals surface area (Å²) < 4.78 is 15.9. The van der Waals surface area contributed by atoms with E-state index < -0.39 is 11.6 Å². The van der Waals surface area contributed by atoms with Gasteiger partial charge in [0.25, 0.3) is 5.91 Å². The number of hydrogen-bond donors (Lipinski definition) is 1. The Morgan fingerprint density at radius 2 is 2.00 bits per heavy atom. The fourth-order valence-corrected chi connectivity index (χ4v) is 2.66. The summed E-state index contributed by atoms with van der Waals surface area (Å²) >= 11 is 0. The minimum atomic E-state index is -0.859. The number of benzene rings is 1. The second-order valence-electron chi connectivity index (χ2n) is 6.44. The SMILES string of the molecule is CCCCOc1ccc(NC(=O)[C@@](C)(OC)C2CC2)cc1C(=O)OC. The van der Waals surface area contributed by atoms with Crippen molar-refractivity contribution in [2.75, 3.05) is 26.1 Å². The molecule has 1 fully saturated rings. The Bertz CT molecular complexity index is 626. The van der Waals surface area contributed by atoms with Gasteiger partial charge in [0, 0.05) is 12.8 Å². The van der Waals surface area contributed by atoms with Gasteiger partial charge in [-0.15, -0.1) is 0 Å². The zero-order chi connectivity index (χ0) is 18.4. The topological polar surface area (TPSA) is 73.9 Å². The molecule has 0 aliphatic heterocycles. The molecule has 0 spiro atoms. The summed E-state index contributed by atoms with van der Waals surface area (Å²) in [6.45, 7) is 4.38. The summed E-state index contributed by atoms with van der Waals surface area (Å²) in [7, 11) is 2.86. The molecule has 1 amide bonds. The van der Waals surface area contributed by atoms with E-state index >= 15 is 0 Å². The molecular weight excluding hydrogens is 322 g/mol. The number of ether oxygens (including phenoxy) is 3. The van der Waals surface area contributed by atoms with E-state index in [-0.39, 0.29) is 11.8 Å². The molecular formula is C19H27NO5. The Morgan fingerprint density at radius 1 is 1.28 bits per heavy atom. The lowest BCUT2D eigenvalue weighted by molar-refractivity contribution is -0.138. The van der Waals surface area contributed by atoms with Gasteiger partial charge in [-0.2, -0.15) is 0 Å². The van der Waals surface area contributed by atoms with Crippen LogP contribution in [0, 0.1) is 5.92 Å². The van der Waals surface area contributed by atoms with E-state index in [9.17, 15) is 9.59 Å². The molecule has 6 heteroatoms. The molecule has 0 heterocycles. The number of carbonyl (C=O) groups is 2. The monoisotopic (exact) mass is 349 g/mol. The summed E-state index contributed by atoms with van der Waals surface area (Å²) in [5.74, 6) is -0.0310. The first-order valence-corrected chi connectivity index (χ1v) is 8.68. The van der Waals surface area contributed by atoms with Crippen LogP contribution in [0.1, 0.15) is 49.9 Å². The lowest BCUT2D eigenvalue weighted by Gasteiger charge is -2.26. The third kappa shape index (κ3) is 4.51. The first kappa shape index (κ1) is 19.2. The lowest BCUT2D eigenvalue weighted by atomic mass is 9.99. The number of hydrogen-bond acceptors (Lipinski definition) is 5. The van der Waals surface area contributed by atoms with E-state index in [1.807, 2.05) is 0 Å².